The van der Waals surface area contributed by atoms with E-state index in [0.29, 0.717) is 11.5 Å². The molecule has 1 aromatic rings. The van der Waals surface area contributed by atoms with Gasteiger partial charge in [0, 0.05) is 0 Å². The molecule has 0 bridgehead atoms. The predicted octanol–water partition coefficient (Wildman–Crippen LogP) is 1.39. The van der Waals surface area contributed by atoms with Gasteiger partial charge in [-0.05, 0) is 26.0 Å². The summed E-state index contributed by atoms with van der Waals surface area (Å²) in [6.45, 7) is 3.63. The number of halogens is 1. The molecule has 0 aliphatic rings. The number of nitrogens with two attached hydrogens (primary N) is 1. The second-order valence-corrected chi connectivity index (χ2v) is 3.15. The van der Waals surface area contributed by atoms with Crippen molar-refractivity contribution in [3.8, 4) is 0 Å². The number of hydrogen-bond donors (Lipinski definition) is 2. The molecule has 0 spiro atoms. The summed E-state index contributed by atoms with van der Waals surface area (Å²) in [4.78, 5) is 0. The fraction of sp³-hybridized carbons (Fsp3) is 0.500. The van der Waals surface area contributed by atoms with E-state index >= 15 is 0 Å². The number of hydrogen-bond acceptors (Lipinski definition) is 3. The van der Waals surface area contributed by atoms with Crippen LogP contribution < -0.4 is 5.73 Å². The third-order valence-corrected chi connectivity index (χ3v) is 1.45. The highest BCUT2D eigenvalue weighted by Crippen LogP contribution is 2.19. The van der Waals surface area contributed by atoms with Gasteiger partial charge in [-0.15, -0.1) is 12.4 Å². The van der Waals surface area contributed by atoms with Crippen LogP contribution in [0.25, 0.3) is 0 Å². The molecule has 0 aliphatic heterocycles. The Morgan fingerprint density at radius 2 is 2.08 bits per heavy atom. The highest BCUT2D eigenvalue weighted by Gasteiger charge is 2.17. The molecule has 0 saturated carbocycles. The zero-order valence-corrected chi connectivity index (χ0v) is 8.02. The molecule has 70 valence electrons. The van der Waals surface area contributed by atoms with E-state index in [1.54, 1.807) is 12.1 Å². The molecule has 0 atom stereocenters. The smallest absolute Gasteiger partial charge is 0.129 e. The van der Waals surface area contributed by atoms with Crippen LogP contribution in [0.1, 0.15) is 25.4 Å². The molecule has 0 unspecified atom stereocenters. The summed E-state index contributed by atoms with van der Waals surface area (Å²) in [7, 11) is 0. The number of rotatable bonds is 2. The third-order valence-electron chi connectivity index (χ3n) is 1.45. The van der Waals surface area contributed by atoms with E-state index in [-0.39, 0.29) is 19.0 Å². The second-order valence-electron chi connectivity index (χ2n) is 3.15. The Balaban J connectivity index is 0.00000121. The van der Waals surface area contributed by atoms with E-state index < -0.39 is 5.54 Å². The SMILES string of the molecule is CC(C)(N)c1ccc(CO)o1.Cl. The Bertz CT molecular complexity index is 239. The molecule has 1 heterocycles. The van der Waals surface area contributed by atoms with E-state index in [1.807, 2.05) is 13.8 Å². The van der Waals surface area contributed by atoms with Crippen LogP contribution in [-0.2, 0) is 12.1 Å². The number of furan rings is 1. The summed E-state index contributed by atoms with van der Waals surface area (Å²) in [5.41, 5.74) is 5.28. The van der Waals surface area contributed by atoms with Gasteiger partial charge in [0.15, 0.2) is 0 Å². The van der Waals surface area contributed by atoms with Gasteiger partial charge in [-0.3, -0.25) is 0 Å². The minimum atomic E-state index is -0.465. The van der Waals surface area contributed by atoms with Crippen LogP contribution in [0.5, 0.6) is 0 Å². The lowest BCUT2D eigenvalue weighted by atomic mass is 10.0. The fourth-order valence-electron chi connectivity index (χ4n) is 0.809. The zero-order chi connectivity index (χ0) is 8.48. The Hall–Kier alpha value is -0.510. The topological polar surface area (TPSA) is 59.4 Å². The average Bonchev–Trinajstić information content (AvgIpc) is 2.32. The van der Waals surface area contributed by atoms with Crippen molar-refractivity contribution in [3.05, 3.63) is 23.7 Å². The molecule has 0 saturated heterocycles. The molecule has 0 radical (unpaired) electrons. The lowest BCUT2D eigenvalue weighted by molar-refractivity contribution is 0.236. The van der Waals surface area contributed by atoms with Crippen molar-refractivity contribution in [1.82, 2.24) is 0 Å². The van der Waals surface area contributed by atoms with Crippen LogP contribution in [0.4, 0.5) is 0 Å². The number of aliphatic hydroxyl groups excluding tert-OH is 1. The van der Waals surface area contributed by atoms with Crippen LogP contribution in [0.2, 0.25) is 0 Å². The summed E-state index contributed by atoms with van der Waals surface area (Å²) < 4.78 is 5.22. The van der Waals surface area contributed by atoms with E-state index in [1.165, 1.54) is 0 Å². The molecule has 12 heavy (non-hydrogen) atoms. The molecule has 1 rings (SSSR count). The van der Waals surface area contributed by atoms with Gasteiger partial charge in [0.05, 0.1) is 5.54 Å². The lowest BCUT2D eigenvalue weighted by Gasteiger charge is -2.14. The van der Waals surface area contributed by atoms with Crippen LogP contribution in [-0.4, -0.2) is 5.11 Å². The van der Waals surface area contributed by atoms with Crippen molar-refractivity contribution in [2.75, 3.05) is 0 Å². The Labute approximate surface area is 78.0 Å². The summed E-state index contributed by atoms with van der Waals surface area (Å²) >= 11 is 0. The molecule has 0 fully saturated rings. The van der Waals surface area contributed by atoms with E-state index in [9.17, 15) is 0 Å². The molecule has 0 aliphatic carbocycles. The fourth-order valence-corrected chi connectivity index (χ4v) is 0.809. The first-order valence-electron chi connectivity index (χ1n) is 3.53. The van der Waals surface area contributed by atoms with Gasteiger partial charge >= 0.3 is 0 Å². The van der Waals surface area contributed by atoms with Crippen molar-refractivity contribution in [2.45, 2.75) is 26.0 Å². The van der Waals surface area contributed by atoms with E-state index in [4.69, 9.17) is 15.3 Å². The summed E-state index contributed by atoms with van der Waals surface area (Å²) in [5, 5.41) is 8.68. The highest BCUT2D eigenvalue weighted by molar-refractivity contribution is 5.85. The van der Waals surface area contributed by atoms with Crippen molar-refractivity contribution in [3.63, 3.8) is 0 Å². The molecule has 0 aromatic carbocycles. The van der Waals surface area contributed by atoms with Gasteiger partial charge in [0.2, 0.25) is 0 Å². The van der Waals surface area contributed by atoms with Gasteiger partial charge in [0.1, 0.15) is 18.1 Å². The average molecular weight is 192 g/mol. The monoisotopic (exact) mass is 191 g/mol. The van der Waals surface area contributed by atoms with Crippen LogP contribution >= 0.6 is 12.4 Å². The Morgan fingerprint density at radius 1 is 1.50 bits per heavy atom. The first kappa shape index (κ1) is 11.5. The van der Waals surface area contributed by atoms with E-state index in [0.717, 1.165) is 0 Å². The van der Waals surface area contributed by atoms with Crippen LogP contribution in [0.15, 0.2) is 16.5 Å². The maximum absolute atomic E-state index is 8.68. The van der Waals surface area contributed by atoms with Gasteiger partial charge < -0.3 is 15.3 Å². The summed E-state index contributed by atoms with van der Waals surface area (Å²) in [6.07, 6.45) is 0. The van der Waals surface area contributed by atoms with Gasteiger partial charge in [-0.2, -0.15) is 0 Å². The molecular formula is C8H14ClNO2. The maximum Gasteiger partial charge on any atom is 0.129 e. The van der Waals surface area contributed by atoms with E-state index in [2.05, 4.69) is 0 Å². The molecule has 3 nitrogen and oxygen atoms in total. The second kappa shape index (κ2) is 3.94. The van der Waals surface area contributed by atoms with Gasteiger partial charge in [-0.25, -0.2) is 0 Å². The summed E-state index contributed by atoms with van der Waals surface area (Å²) in [6, 6.07) is 3.51. The largest absolute Gasteiger partial charge is 0.462 e. The van der Waals surface area contributed by atoms with Crippen molar-refractivity contribution in [1.29, 1.82) is 0 Å². The number of aliphatic hydroxyl groups is 1. The maximum atomic E-state index is 8.68. The predicted molar refractivity (Wildman–Crippen MR) is 49.1 cm³/mol. The Kier molecular flexibility index (Phi) is 3.77. The minimum absolute atomic E-state index is 0. The van der Waals surface area contributed by atoms with Crippen molar-refractivity contribution < 1.29 is 9.52 Å². The minimum Gasteiger partial charge on any atom is -0.462 e. The Morgan fingerprint density at radius 3 is 2.33 bits per heavy atom. The first-order valence-corrected chi connectivity index (χ1v) is 3.53. The van der Waals surface area contributed by atoms with Gasteiger partial charge in [-0.1, -0.05) is 0 Å². The molecule has 4 heteroatoms. The normalized spacial score (nSPS) is 11.0. The molecule has 0 amide bonds. The van der Waals surface area contributed by atoms with Crippen molar-refractivity contribution in [2.24, 2.45) is 5.73 Å². The quantitative estimate of drug-likeness (QED) is 0.743. The van der Waals surface area contributed by atoms with Crippen LogP contribution in [0.3, 0.4) is 0 Å². The summed E-state index contributed by atoms with van der Waals surface area (Å²) in [5.74, 6) is 1.25. The lowest BCUT2D eigenvalue weighted by Crippen LogP contribution is -2.27. The molecule has 1 aromatic heterocycles. The molecule has 3 N–H and O–H groups in total. The van der Waals surface area contributed by atoms with Crippen LogP contribution in [0, 0.1) is 0 Å². The standard InChI is InChI=1S/C8H13NO2.ClH/c1-8(2,9)7-4-3-6(5-10)11-7;/h3-4,10H,5,9H2,1-2H3;1H. The van der Waals surface area contributed by atoms with Crippen molar-refractivity contribution >= 4 is 12.4 Å². The first-order chi connectivity index (χ1) is 5.04. The zero-order valence-electron chi connectivity index (χ0n) is 7.20. The highest BCUT2D eigenvalue weighted by atomic mass is 35.5. The van der Waals surface area contributed by atoms with Gasteiger partial charge in [0.25, 0.3) is 0 Å². The molecular weight excluding hydrogens is 178 g/mol. The third kappa shape index (κ3) is 2.52.